The lowest BCUT2D eigenvalue weighted by Gasteiger charge is -2.43. The highest BCUT2D eigenvalue weighted by atomic mass is 28.3. The molecule has 3 aromatic carbocycles. The van der Waals surface area contributed by atoms with E-state index in [9.17, 15) is 4.79 Å². The van der Waals surface area contributed by atoms with Gasteiger partial charge in [-0.3, -0.25) is 4.79 Å². The molecule has 0 N–H and O–H groups in total. The molecule has 0 amide bonds. The summed E-state index contributed by atoms with van der Waals surface area (Å²) in [7, 11) is -4.41. The van der Waals surface area contributed by atoms with Gasteiger partial charge in [0, 0.05) is 5.56 Å². The molecule has 0 radical (unpaired) electrons. The summed E-state index contributed by atoms with van der Waals surface area (Å²) in [6, 6.07) is 31.5. The van der Waals surface area contributed by atoms with Crippen LogP contribution in [0.4, 0.5) is 0 Å². The summed E-state index contributed by atoms with van der Waals surface area (Å²) in [6.45, 7) is 13.9. The quantitative estimate of drug-likeness (QED) is 0.249. The smallest absolute Gasteiger partial charge is 0.184 e. The number of allylic oxidation sites excluding steroid dienone is 1. The summed E-state index contributed by atoms with van der Waals surface area (Å²) in [5.41, 5.74) is 3.24. The lowest BCUT2D eigenvalue weighted by Crippen LogP contribution is -2.64. The molecule has 0 saturated heterocycles. The first kappa shape index (κ1) is 23.2. The Bertz CT molecular complexity index is 1000. The number of ketones is 1. The topological polar surface area (TPSA) is 17.1 Å². The zero-order valence-corrected chi connectivity index (χ0v) is 21.6. The van der Waals surface area contributed by atoms with Gasteiger partial charge in [0.15, 0.2) is 5.78 Å². The maximum absolute atomic E-state index is 13.8. The van der Waals surface area contributed by atoms with Gasteiger partial charge in [-0.05, 0) is 20.6 Å². The summed E-state index contributed by atoms with van der Waals surface area (Å²) >= 11 is 0. The molecule has 31 heavy (non-hydrogen) atoms. The van der Waals surface area contributed by atoms with Crippen molar-refractivity contribution in [3.63, 3.8) is 0 Å². The molecule has 160 valence electrons. The summed E-state index contributed by atoms with van der Waals surface area (Å²) in [5.74, 6) is 0.188. The fourth-order valence-electron chi connectivity index (χ4n) is 4.40. The second-order valence-corrected chi connectivity index (χ2v) is 19.9. The molecule has 0 aromatic heterocycles. The first-order valence-electron chi connectivity index (χ1n) is 11.0. The predicted octanol–water partition coefficient (Wildman–Crippen LogP) is 6.28. The van der Waals surface area contributed by atoms with Crippen molar-refractivity contribution in [2.24, 2.45) is 0 Å². The summed E-state index contributed by atoms with van der Waals surface area (Å²) in [6.07, 6.45) is 0. The maximum atomic E-state index is 13.8. The van der Waals surface area contributed by atoms with Gasteiger partial charge in [0.05, 0.1) is 8.07 Å². The van der Waals surface area contributed by atoms with Crippen LogP contribution in [0.5, 0.6) is 0 Å². The third-order valence-electron chi connectivity index (χ3n) is 6.09. The Balaban J connectivity index is 2.40. The molecule has 0 unspecified atom stereocenters. The molecular weight excluding hydrogens is 408 g/mol. The van der Waals surface area contributed by atoms with E-state index in [0.29, 0.717) is 0 Å². The molecule has 0 bridgehead atoms. The number of carbonyl (C=O) groups is 1. The van der Waals surface area contributed by atoms with Gasteiger partial charge in [0.2, 0.25) is 0 Å². The van der Waals surface area contributed by atoms with E-state index < -0.39 is 16.1 Å². The van der Waals surface area contributed by atoms with E-state index in [4.69, 9.17) is 0 Å². The molecule has 3 rings (SSSR count). The van der Waals surface area contributed by atoms with E-state index in [1.54, 1.807) is 0 Å². The average Bonchev–Trinajstić information content (AvgIpc) is 2.74. The van der Waals surface area contributed by atoms with Crippen LogP contribution in [-0.4, -0.2) is 21.9 Å². The fraction of sp³-hybridized carbons (Fsp3) is 0.250. The number of hydrogen-bond donors (Lipinski definition) is 0. The summed E-state index contributed by atoms with van der Waals surface area (Å²) in [5, 5.41) is 3.72. The van der Waals surface area contributed by atoms with Gasteiger partial charge < -0.3 is 0 Å². The molecule has 0 aliphatic carbocycles. The largest absolute Gasteiger partial charge is 0.289 e. The Morgan fingerprint density at radius 3 is 1.42 bits per heavy atom. The Morgan fingerprint density at radius 2 is 1.06 bits per heavy atom. The van der Waals surface area contributed by atoms with E-state index in [2.05, 4.69) is 107 Å². The Hall–Kier alpha value is -2.50. The van der Waals surface area contributed by atoms with Gasteiger partial charge in [-0.1, -0.05) is 137 Å². The molecule has 0 heterocycles. The molecule has 1 nitrogen and oxygen atoms in total. The molecule has 0 saturated carbocycles. The average molecular weight is 443 g/mol. The number of hydrogen-bond acceptors (Lipinski definition) is 1. The van der Waals surface area contributed by atoms with Crippen LogP contribution in [0.1, 0.15) is 31.1 Å². The van der Waals surface area contributed by atoms with Gasteiger partial charge in [-0.25, -0.2) is 0 Å². The standard InChI is InChI=1S/C28H34OSi2/c1-28(2,3)31(24-18-12-8-13-19-24,25-20-14-9-15-21-25)22-26(30(4,5)6)27(29)23-16-10-7-11-17-23/h7-22H,1-6H3/b26-22+. The number of carbonyl (C=O) groups excluding carboxylic acids is 1. The van der Waals surface area contributed by atoms with Gasteiger partial charge in [0.1, 0.15) is 8.07 Å². The predicted molar refractivity (Wildman–Crippen MR) is 140 cm³/mol. The fourth-order valence-corrected chi connectivity index (χ4v) is 12.4. The molecule has 0 fully saturated rings. The highest BCUT2D eigenvalue weighted by Gasteiger charge is 2.47. The molecule has 0 aliphatic heterocycles. The van der Waals surface area contributed by atoms with Crippen LogP contribution in [0, 0.1) is 0 Å². The van der Waals surface area contributed by atoms with Crippen molar-refractivity contribution >= 4 is 32.3 Å². The van der Waals surface area contributed by atoms with Gasteiger partial charge in [0.25, 0.3) is 0 Å². The van der Waals surface area contributed by atoms with Crippen molar-refractivity contribution in [1.29, 1.82) is 0 Å². The van der Waals surface area contributed by atoms with Gasteiger partial charge in [-0.15, -0.1) is 0 Å². The third-order valence-corrected chi connectivity index (χ3v) is 13.9. The van der Waals surface area contributed by atoms with E-state index in [1.807, 2.05) is 30.3 Å². The lowest BCUT2D eigenvalue weighted by molar-refractivity contribution is 0.104. The van der Waals surface area contributed by atoms with Gasteiger partial charge >= 0.3 is 0 Å². The summed E-state index contributed by atoms with van der Waals surface area (Å²) in [4.78, 5) is 13.8. The van der Waals surface area contributed by atoms with Crippen LogP contribution in [0.25, 0.3) is 0 Å². The Kier molecular flexibility index (Phi) is 6.68. The zero-order valence-electron chi connectivity index (χ0n) is 19.6. The highest BCUT2D eigenvalue weighted by Crippen LogP contribution is 2.38. The minimum Gasteiger partial charge on any atom is -0.289 e. The monoisotopic (exact) mass is 442 g/mol. The van der Waals surface area contributed by atoms with Crippen molar-refractivity contribution in [2.45, 2.75) is 45.5 Å². The second kappa shape index (κ2) is 8.93. The second-order valence-electron chi connectivity index (χ2n) is 10.3. The lowest BCUT2D eigenvalue weighted by atomic mass is 10.1. The van der Waals surface area contributed by atoms with Crippen molar-refractivity contribution in [2.75, 3.05) is 0 Å². The van der Waals surface area contributed by atoms with E-state index >= 15 is 0 Å². The van der Waals surface area contributed by atoms with Crippen molar-refractivity contribution in [1.82, 2.24) is 0 Å². The molecule has 3 aromatic rings. The maximum Gasteiger partial charge on any atom is 0.184 e. The van der Waals surface area contributed by atoms with Crippen LogP contribution in [-0.2, 0) is 0 Å². The molecule has 0 atom stereocenters. The van der Waals surface area contributed by atoms with E-state index in [0.717, 1.165) is 10.8 Å². The van der Waals surface area contributed by atoms with Crippen molar-refractivity contribution in [3.05, 3.63) is 107 Å². The molecule has 0 spiro atoms. The van der Waals surface area contributed by atoms with Crippen LogP contribution in [0.15, 0.2) is 102 Å². The van der Waals surface area contributed by atoms with Crippen LogP contribution < -0.4 is 10.4 Å². The first-order valence-corrected chi connectivity index (χ1v) is 16.6. The number of Topliss-reactive ketones (excluding diaryl/α,β-unsaturated/α-hetero) is 1. The molecular formula is C28H34OSi2. The normalized spacial score (nSPS) is 13.2. The SMILES string of the molecule is CC(C)(C)[Si](/C=C(\C(=O)c1ccccc1)[Si](C)(C)C)(c1ccccc1)c1ccccc1. The van der Waals surface area contributed by atoms with E-state index in [-0.39, 0.29) is 10.8 Å². The number of benzene rings is 3. The first-order chi connectivity index (χ1) is 14.6. The minimum atomic E-state index is -2.47. The van der Waals surface area contributed by atoms with Crippen LogP contribution in [0.3, 0.4) is 0 Å². The van der Waals surface area contributed by atoms with Gasteiger partial charge in [-0.2, -0.15) is 0 Å². The Labute approximate surface area is 189 Å². The zero-order chi connectivity index (χ0) is 22.7. The van der Waals surface area contributed by atoms with Crippen LogP contribution in [0.2, 0.25) is 24.7 Å². The highest BCUT2D eigenvalue weighted by molar-refractivity contribution is 7.09. The Morgan fingerprint density at radius 1 is 0.677 bits per heavy atom. The van der Waals surface area contributed by atoms with E-state index in [1.165, 1.54) is 10.4 Å². The van der Waals surface area contributed by atoms with Crippen LogP contribution >= 0.6 is 0 Å². The third kappa shape index (κ3) is 4.73. The minimum absolute atomic E-state index is 0.0163. The molecule has 0 aliphatic rings. The van der Waals surface area contributed by atoms with Crippen molar-refractivity contribution < 1.29 is 4.79 Å². The van der Waals surface area contributed by atoms with Crippen molar-refractivity contribution in [3.8, 4) is 0 Å². The summed E-state index contributed by atoms with van der Waals surface area (Å²) < 4.78 is 0. The molecule has 3 heteroatoms. The number of rotatable bonds is 6.